The molecule has 1 aliphatic rings. The summed E-state index contributed by atoms with van der Waals surface area (Å²) in [6, 6.07) is 20.8. The number of thiocarbonyl (C=S) groups is 1. The normalized spacial score (nSPS) is 17.3. The van der Waals surface area contributed by atoms with Crippen molar-refractivity contribution in [3.8, 4) is 0 Å². The monoisotopic (exact) mass is 392 g/mol. The number of hydrogen-bond acceptors (Lipinski definition) is 4. The summed E-state index contributed by atoms with van der Waals surface area (Å²) in [5, 5.41) is 0.819. The molecular formula is C18H20N2O4S2. The minimum absolute atomic E-state index is 0. The van der Waals surface area contributed by atoms with Gasteiger partial charge in [0.2, 0.25) is 10.4 Å². The molecule has 0 fully saturated rings. The van der Waals surface area contributed by atoms with Crippen LogP contribution < -0.4 is 9.80 Å². The molecular weight excluding hydrogens is 372 g/mol. The van der Waals surface area contributed by atoms with Crippen LogP contribution in [0.25, 0.3) is 0 Å². The SMILES string of the molecule is CC1=CC(C)N(c2ccccc2)C(=S)N1c1ccccc1.O=S(=O)([O-])O.[H+]. The Morgan fingerprint density at radius 2 is 1.46 bits per heavy atom. The zero-order chi connectivity index (χ0) is 19.3. The van der Waals surface area contributed by atoms with E-state index < -0.39 is 10.4 Å². The van der Waals surface area contributed by atoms with Gasteiger partial charge in [0.15, 0.2) is 5.11 Å². The number of rotatable bonds is 2. The van der Waals surface area contributed by atoms with Crippen LogP contribution in [0, 0.1) is 0 Å². The lowest BCUT2D eigenvalue weighted by atomic mass is 10.1. The van der Waals surface area contributed by atoms with Crippen molar-refractivity contribution in [2.24, 2.45) is 0 Å². The molecule has 2 aromatic rings. The maximum Gasteiger partial charge on any atom is 1.00 e. The smallest absolute Gasteiger partial charge is 0.726 e. The average molecular weight is 393 g/mol. The molecule has 1 atom stereocenters. The zero-order valence-electron chi connectivity index (χ0n) is 15.3. The summed E-state index contributed by atoms with van der Waals surface area (Å²) < 4.78 is 32.8. The Labute approximate surface area is 160 Å². The molecule has 6 nitrogen and oxygen atoms in total. The number of anilines is 2. The molecule has 0 aliphatic carbocycles. The molecule has 0 spiro atoms. The quantitative estimate of drug-likeness (QED) is 0.474. The molecule has 1 unspecified atom stereocenters. The molecule has 26 heavy (non-hydrogen) atoms. The highest BCUT2D eigenvalue weighted by Gasteiger charge is 2.29. The Bertz CT molecular complexity index is 882. The molecule has 0 radical (unpaired) electrons. The lowest BCUT2D eigenvalue weighted by molar-refractivity contribution is 0.366. The molecule has 0 aromatic heterocycles. The Hall–Kier alpha value is -2.26. The van der Waals surface area contributed by atoms with Gasteiger partial charge in [0, 0.05) is 17.1 Å². The lowest BCUT2D eigenvalue weighted by Crippen LogP contribution is -2.50. The highest BCUT2D eigenvalue weighted by Crippen LogP contribution is 2.30. The van der Waals surface area contributed by atoms with E-state index in [4.69, 9.17) is 29.7 Å². The van der Waals surface area contributed by atoms with Crippen LogP contribution in [-0.4, -0.2) is 28.7 Å². The largest absolute Gasteiger partial charge is 1.00 e. The maximum absolute atomic E-state index is 8.63. The van der Waals surface area contributed by atoms with Gasteiger partial charge in [0.1, 0.15) is 0 Å². The fourth-order valence-corrected chi connectivity index (χ4v) is 3.28. The molecule has 0 saturated heterocycles. The molecule has 3 rings (SSSR count). The molecule has 0 saturated carbocycles. The Kier molecular flexibility index (Phi) is 6.49. The molecule has 1 heterocycles. The van der Waals surface area contributed by atoms with Crippen LogP contribution in [0.3, 0.4) is 0 Å². The third-order valence-corrected chi connectivity index (χ3v) is 4.07. The zero-order valence-corrected chi connectivity index (χ0v) is 15.9. The number of benzene rings is 2. The number of nitrogens with zero attached hydrogens (tertiary/aromatic N) is 2. The Balaban J connectivity index is 0.000000542. The Morgan fingerprint density at radius 1 is 1.04 bits per heavy atom. The van der Waals surface area contributed by atoms with Crippen LogP contribution in [0.1, 0.15) is 15.3 Å². The summed E-state index contributed by atoms with van der Waals surface area (Å²) in [7, 11) is -4.92. The third kappa shape index (κ3) is 5.37. The van der Waals surface area contributed by atoms with Crippen molar-refractivity contribution < 1.29 is 18.9 Å². The number of allylic oxidation sites excluding steroid dienone is 1. The summed E-state index contributed by atoms with van der Waals surface area (Å²) in [6.45, 7) is 4.28. The maximum atomic E-state index is 8.63. The van der Waals surface area contributed by atoms with Gasteiger partial charge in [0.05, 0.1) is 6.04 Å². The van der Waals surface area contributed by atoms with Gasteiger partial charge >= 0.3 is 1.43 Å². The van der Waals surface area contributed by atoms with E-state index in [1.165, 1.54) is 5.70 Å². The first kappa shape index (κ1) is 20.1. The van der Waals surface area contributed by atoms with Gasteiger partial charge in [-0.3, -0.25) is 9.45 Å². The second kappa shape index (κ2) is 8.41. The molecule has 0 bridgehead atoms. The van der Waals surface area contributed by atoms with E-state index in [0.29, 0.717) is 0 Å². The van der Waals surface area contributed by atoms with Crippen LogP contribution in [0.2, 0.25) is 0 Å². The molecule has 8 heteroatoms. The lowest BCUT2D eigenvalue weighted by Gasteiger charge is -2.41. The summed E-state index contributed by atoms with van der Waals surface area (Å²) >= 11 is 5.78. The third-order valence-electron chi connectivity index (χ3n) is 3.69. The van der Waals surface area contributed by atoms with E-state index >= 15 is 0 Å². The van der Waals surface area contributed by atoms with E-state index in [-0.39, 0.29) is 7.47 Å². The van der Waals surface area contributed by atoms with E-state index in [9.17, 15) is 0 Å². The average Bonchev–Trinajstić information content (AvgIpc) is 2.55. The van der Waals surface area contributed by atoms with E-state index in [1.54, 1.807) is 0 Å². The van der Waals surface area contributed by atoms with Gasteiger partial charge in [-0.1, -0.05) is 36.4 Å². The van der Waals surface area contributed by atoms with Crippen LogP contribution in [0.4, 0.5) is 11.4 Å². The second-order valence-corrected chi connectivity index (χ2v) is 6.86. The second-order valence-electron chi connectivity index (χ2n) is 5.64. The van der Waals surface area contributed by atoms with Crippen molar-refractivity contribution in [1.82, 2.24) is 0 Å². The van der Waals surface area contributed by atoms with Gasteiger partial charge in [-0.2, -0.15) is 0 Å². The first-order valence-corrected chi connectivity index (χ1v) is 9.56. The highest BCUT2D eigenvalue weighted by atomic mass is 32.3. The Morgan fingerprint density at radius 3 is 1.92 bits per heavy atom. The minimum Gasteiger partial charge on any atom is -0.726 e. The van der Waals surface area contributed by atoms with Crippen molar-refractivity contribution in [1.29, 1.82) is 0 Å². The molecule has 138 valence electrons. The highest BCUT2D eigenvalue weighted by molar-refractivity contribution is 7.80. The van der Waals surface area contributed by atoms with Gasteiger partial charge in [-0.05, 0) is 56.4 Å². The minimum atomic E-state index is -4.92. The van der Waals surface area contributed by atoms with Crippen molar-refractivity contribution in [3.63, 3.8) is 0 Å². The van der Waals surface area contributed by atoms with Gasteiger partial charge in [-0.25, -0.2) is 8.42 Å². The first-order chi connectivity index (χ1) is 12.2. The predicted octanol–water partition coefficient (Wildman–Crippen LogP) is 3.71. The van der Waals surface area contributed by atoms with Crippen molar-refractivity contribution in [2.45, 2.75) is 19.9 Å². The topological polar surface area (TPSA) is 83.9 Å². The van der Waals surface area contributed by atoms with Crippen molar-refractivity contribution in [3.05, 3.63) is 72.4 Å². The summed E-state index contributed by atoms with van der Waals surface area (Å²) in [4.78, 5) is 4.32. The number of para-hydroxylation sites is 2. The number of hydrogen-bond donors (Lipinski definition) is 1. The van der Waals surface area contributed by atoms with Crippen LogP contribution in [0.5, 0.6) is 0 Å². The molecule has 1 N–H and O–H groups in total. The van der Waals surface area contributed by atoms with Crippen LogP contribution >= 0.6 is 12.2 Å². The van der Waals surface area contributed by atoms with Gasteiger partial charge < -0.3 is 9.45 Å². The fraction of sp³-hybridized carbons (Fsp3) is 0.167. The van der Waals surface area contributed by atoms with Gasteiger partial charge in [-0.15, -0.1) is 0 Å². The molecule has 2 aromatic carbocycles. The summed E-state index contributed by atoms with van der Waals surface area (Å²) in [5.41, 5.74) is 3.40. The molecule has 0 amide bonds. The summed E-state index contributed by atoms with van der Waals surface area (Å²) in [5.74, 6) is 0. The first-order valence-electron chi connectivity index (χ1n) is 7.78. The van der Waals surface area contributed by atoms with Crippen LogP contribution in [0.15, 0.2) is 72.4 Å². The van der Waals surface area contributed by atoms with Crippen LogP contribution in [-0.2, 0) is 10.4 Å². The summed E-state index contributed by atoms with van der Waals surface area (Å²) in [6.07, 6.45) is 2.25. The van der Waals surface area contributed by atoms with E-state index in [0.717, 1.165) is 16.5 Å². The van der Waals surface area contributed by atoms with Gasteiger partial charge in [0.25, 0.3) is 0 Å². The standard InChI is InChI=1S/C18H18N2S.H2O4S/c1-14-13-15(2)20(17-11-7-4-8-12-17)18(21)19(14)16-9-5-3-6-10-16;1-5(2,3)4/h3-14H,1-2H3;(H2,1,2,3,4). The molecule has 1 aliphatic heterocycles. The van der Waals surface area contributed by atoms with E-state index in [2.05, 4.69) is 54.0 Å². The fourth-order valence-electron chi connectivity index (χ4n) is 2.76. The van der Waals surface area contributed by atoms with Crippen molar-refractivity contribution >= 4 is 39.1 Å². The predicted molar refractivity (Wildman–Crippen MR) is 107 cm³/mol. The van der Waals surface area contributed by atoms with Crippen molar-refractivity contribution in [2.75, 3.05) is 9.80 Å². The van der Waals surface area contributed by atoms with E-state index in [1.807, 2.05) is 36.4 Å².